The number of likely N-dealkylation sites (N-methyl/N-ethyl adjacent to an activating group) is 1. The van der Waals surface area contributed by atoms with Gasteiger partial charge in [-0.05, 0) is 71.6 Å². The largest absolute Gasteiger partial charge is 0.444 e. The summed E-state index contributed by atoms with van der Waals surface area (Å²) in [5, 5.41) is 5.57. The molecule has 31 heavy (non-hydrogen) atoms. The van der Waals surface area contributed by atoms with E-state index in [1.165, 1.54) is 4.90 Å². The number of amides is 3. The van der Waals surface area contributed by atoms with Crippen LogP contribution in [0, 0.1) is 13.8 Å². The van der Waals surface area contributed by atoms with Crippen molar-refractivity contribution in [2.45, 2.75) is 85.9 Å². The number of carbonyl (C=O) groups excluding carboxylic acids is 3. The summed E-state index contributed by atoms with van der Waals surface area (Å²) in [7, 11) is 0. The summed E-state index contributed by atoms with van der Waals surface area (Å²) in [6, 6.07) is 4.19. The molecule has 2 atom stereocenters. The lowest BCUT2D eigenvalue weighted by atomic mass is 9.93. The average molecular weight is 434 g/mol. The van der Waals surface area contributed by atoms with Gasteiger partial charge in [0.1, 0.15) is 17.7 Å². The van der Waals surface area contributed by atoms with Gasteiger partial charge in [-0.25, -0.2) is 4.79 Å². The molecule has 0 aromatic heterocycles. The van der Waals surface area contributed by atoms with Crippen LogP contribution in [-0.4, -0.2) is 47.5 Å². The van der Waals surface area contributed by atoms with Gasteiger partial charge in [0.2, 0.25) is 11.8 Å². The first-order valence-electron chi connectivity index (χ1n) is 11.1. The monoisotopic (exact) mass is 433 g/mol. The summed E-state index contributed by atoms with van der Waals surface area (Å²) in [4.78, 5) is 40.2. The molecule has 0 bridgehead atoms. The molecule has 0 saturated carbocycles. The Morgan fingerprint density at radius 1 is 1.10 bits per heavy atom. The molecule has 1 aromatic rings. The van der Waals surface area contributed by atoms with Gasteiger partial charge in [-0.15, -0.1) is 0 Å². The van der Waals surface area contributed by atoms with Crippen molar-refractivity contribution in [1.82, 2.24) is 15.5 Å². The lowest BCUT2D eigenvalue weighted by Crippen LogP contribution is -2.52. The number of alkyl carbamates (subject to hydrolysis) is 1. The molecule has 0 spiro atoms. The number of nitrogens with zero attached hydrogens (tertiary/aromatic N) is 1. The van der Waals surface area contributed by atoms with Crippen molar-refractivity contribution in [1.29, 1.82) is 0 Å². The Morgan fingerprint density at radius 2 is 1.68 bits per heavy atom. The molecule has 1 aromatic carbocycles. The van der Waals surface area contributed by atoms with Gasteiger partial charge in [0.05, 0.1) is 0 Å². The third-order valence-electron chi connectivity index (χ3n) is 4.93. The molecule has 174 valence electrons. The van der Waals surface area contributed by atoms with Crippen molar-refractivity contribution >= 4 is 17.9 Å². The van der Waals surface area contributed by atoms with E-state index in [0.29, 0.717) is 13.1 Å². The summed E-state index contributed by atoms with van der Waals surface area (Å²) in [5.41, 5.74) is 2.03. The third-order valence-corrected chi connectivity index (χ3v) is 4.93. The van der Waals surface area contributed by atoms with E-state index in [9.17, 15) is 14.4 Å². The van der Waals surface area contributed by atoms with Gasteiger partial charge in [0.15, 0.2) is 0 Å². The zero-order chi connectivity index (χ0) is 23.8. The minimum absolute atomic E-state index is 0.217. The third kappa shape index (κ3) is 7.89. The van der Waals surface area contributed by atoms with Crippen LogP contribution in [0.3, 0.4) is 0 Å². The lowest BCUT2D eigenvalue weighted by molar-refractivity contribution is -0.142. The molecule has 0 saturated heterocycles. The van der Waals surface area contributed by atoms with E-state index in [2.05, 4.69) is 17.6 Å². The molecule has 2 unspecified atom stereocenters. The van der Waals surface area contributed by atoms with E-state index >= 15 is 0 Å². The average Bonchev–Trinajstić information content (AvgIpc) is 2.65. The van der Waals surface area contributed by atoms with Crippen molar-refractivity contribution in [3.8, 4) is 0 Å². The molecule has 7 heteroatoms. The van der Waals surface area contributed by atoms with Crippen LogP contribution in [0.15, 0.2) is 18.2 Å². The summed E-state index contributed by atoms with van der Waals surface area (Å²) in [5.74, 6) is -0.558. The highest BCUT2D eigenvalue weighted by atomic mass is 16.6. The maximum atomic E-state index is 13.3. The Bertz CT molecular complexity index is 750. The van der Waals surface area contributed by atoms with Crippen LogP contribution in [0.1, 0.15) is 77.1 Å². The number of rotatable bonds is 9. The number of unbranched alkanes of at least 4 members (excludes halogenated alkanes) is 1. The van der Waals surface area contributed by atoms with Gasteiger partial charge >= 0.3 is 6.09 Å². The van der Waals surface area contributed by atoms with Gasteiger partial charge in [-0.1, -0.05) is 31.5 Å². The fourth-order valence-corrected chi connectivity index (χ4v) is 3.43. The molecule has 3 amide bonds. The van der Waals surface area contributed by atoms with Crippen molar-refractivity contribution < 1.29 is 19.1 Å². The molecule has 0 aliphatic heterocycles. The lowest BCUT2D eigenvalue weighted by Gasteiger charge is -2.34. The van der Waals surface area contributed by atoms with Gasteiger partial charge in [-0.3, -0.25) is 9.59 Å². The van der Waals surface area contributed by atoms with Crippen LogP contribution in [0.25, 0.3) is 0 Å². The minimum Gasteiger partial charge on any atom is -0.444 e. The summed E-state index contributed by atoms with van der Waals surface area (Å²) in [6.45, 7) is 15.5. The van der Waals surface area contributed by atoms with Crippen LogP contribution in [0.2, 0.25) is 0 Å². The molecule has 0 aliphatic carbocycles. The Morgan fingerprint density at radius 3 is 2.16 bits per heavy atom. The zero-order valence-electron chi connectivity index (χ0n) is 20.3. The highest BCUT2D eigenvalue weighted by Gasteiger charge is 2.35. The highest BCUT2D eigenvalue weighted by Crippen LogP contribution is 2.28. The van der Waals surface area contributed by atoms with E-state index < -0.39 is 23.8 Å². The maximum absolute atomic E-state index is 13.3. The van der Waals surface area contributed by atoms with E-state index in [1.807, 2.05) is 39.0 Å². The normalized spacial score (nSPS) is 13.2. The fourth-order valence-electron chi connectivity index (χ4n) is 3.43. The Kier molecular flexibility index (Phi) is 10.0. The zero-order valence-corrected chi connectivity index (χ0v) is 20.3. The number of nitrogens with one attached hydrogen (secondary N) is 2. The predicted octanol–water partition coefficient (Wildman–Crippen LogP) is 4.02. The van der Waals surface area contributed by atoms with Gasteiger partial charge in [0, 0.05) is 13.1 Å². The Hall–Kier alpha value is -2.57. The van der Waals surface area contributed by atoms with Crippen LogP contribution in [0.4, 0.5) is 4.79 Å². The van der Waals surface area contributed by atoms with Crippen molar-refractivity contribution in [3.05, 3.63) is 34.9 Å². The topological polar surface area (TPSA) is 87.7 Å². The predicted molar refractivity (Wildman–Crippen MR) is 123 cm³/mol. The molecule has 0 aliphatic rings. The first-order valence-corrected chi connectivity index (χ1v) is 11.1. The number of ether oxygens (including phenoxy) is 1. The van der Waals surface area contributed by atoms with Crippen molar-refractivity contribution in [3.63, 3.8) is 0 Å². The molecule has 7 nitrogen and oxygen atoms in total. The number of benzene rings is 1. The van der Waals surface area contributed by atoms with Crippen molar-refractivity contribution in [2.24, 2.45) is 0 Å². The van der Waals surface area contributed by atoms with Gasteiger partial charge in [0.25, 0.3) is 0 Å². The number of hydrogen-bond acceptors (Lipinski definition) is 4. The van der Waals surface area contributed by atoms with Gasteiger partial charge in [-0.2, -0.15) is 0 Å². The van der Waals surface area contributed by atoms with Crippen LogP contribution < -0.4 is 10.6 Å². The molecule has 1 rings (SSSR count). The van der Waals surface area contributed by atoms with E-state index in [0.717, 1.165) is 29.5 Å². The van der Waals surface area contributed by atoms with E-state index in [4.69, 9.17) is 4.74 Å². The molecule has 0 fully saturated rings. The highest BCUT2D eigenvalue weighted by molar-refractivity contribution is 5.92. The Balaban J connectivity index is 3.22. The molecular weight excluding hydrogens is 394 g/mol. The van der Waals surface area contributed by atoms with E-state index in [1.54, 1.807) is 27.7 Å². The van der Waals surface area contributed by atoms with Crippen LogP contribution in [0.5, 0.6) is 0 Å². The molecule has 0 heterocycles. The number of aryl methyl sites for hydroxylation is 2. The SMILES string of the molecule is CCCCNC(=O)C(c1c(C)cccc1C)N(CC)C(=O)C(C)NC(=O)OC(C)(C)C. The smallest absolute Gasteiger partial charge is 0.408 e. The standard InChI is InChI=1S/C24H39N3O4/c1-9-11-15-25-21(28)20(19-16(3)13-12-14-17(19)4)27(10-2)22(29)18(5)26-23(30)31-24(6,7)8/h12-14,18,20H,9-11,15H2,1-8H3,(H,25,28)(H,26,30). The summed E-state index contributed by atoms with van der Waals surface area (Å²) < 4.78 is 5.27. The first kappa shape index (κ1) is 26.5. The van der Waals surface area contributed by atoms with E-state index in [-0.39, 0.29) is 11.8 Å². The number of carbonyl (C=O) groups is 3. The van der Waals surface area contributed by atoms with Crippen molar-refractivity contribution in [2.75, 3.05) is 13.1 Å². The minimum atomic E-state index is -0.843. The second-order valence-corrected chi connectivity index (χ2v) is 8.84. The summed E-state index contributed by atoms with van der Waals surface area (Å²) >= 11 is 0. The summed E-state index contributed by atoms with van der Waals surface area (Å²) in [6.07, 6.45) is 1.16. The van der Waals surface area contributed by atoms with Crippen LogP contribution in [-0.2, 0) is 14.3 Å². The van der Waals surface area contributed by atoms with Crippen LogP contribution >= 0.6 is 0 Å². The number of hydrogen-bond donors (Lipinski definition) is 2. The first-order chi connectivity index (χ1) is 14.4. The quantitative estimate of drug-likeness (QED) is 0.576. The second-order valence-electron chi connectivity index (χ2n) is 8.84. The molecule has 0 radical (unpaired) electrons. The maximum Gasteiger partial charge on any atom is 0.408 e. The second kappa shape index (κ2) is 11.7. The Labute approximate surface area is 186 Å². The fraction of sp³-hybridized carbons (Fsp3) is 0.625. The van der Waals surface area contributed by atoms with Gasteiger partial charge < -0.3 is 20.3 Å². The molecule has 2 N–H and O–H groups in total. The molecular formula is C24H39N3O4.